The van der Waals surface area contributed by atoms with Gasteiger partial charge in [0, 0.05) is 0 Å². The number of aromatic hydroxyl groups is 2. The molecule has 1 aromatic rings. The topological polar surface area (TPSA) is 66.5 Å². The highest BCUT2D eigenvalue weighted by atomic mass is 16.5. The summed E-state index contributed by atoms with van der Waals surface area (Å²) in [6.45, 7) is 1.53. The van der Waals surface area contributed by atoms with Crippen molar-refractivity contribution in [3.8, 4) is 12.0 Å². The van der Waals surface area contributed by atoms with Gasteiger partial charge >= 0.3 is 12.0 Å². The Morgan fingerprint density at radius 3 is 2.25 bits per heavy atom. The van der Waals surface area contributed by atoms with Crippen LogP contribution in [0.5, 0.6) is 12.0 Å². The molecule has 0 saturated heterocycles. The fourth-order valence-electron chi connectivity index (χ4n) is 0.374. The molecule has 0 radical (unpaired) electrons. The lowest BCUT2D eigenvalue weighted by Crippen LogP contribution is -1.65. The van der Waals surface area contributed by atoms with Gasteiger partial charge in [0.15, 0.2) is 0 Å². The van der Waals surface area contributed by atoms with Crippen LogP contribution in [0.15, 0.2) is 4.42 Å². The third-order valence-corrected chi connectivity index (χ3v) is 0.761. The summed E-state index contributed by atoms with van der Waals surface area (Å²) in [5.41, 5.74) is 0.294. The van der Waals surface area contributed by atoms with E-state index in [4.69, 9.17) is 10.2 Å². The van der Waals surface area contributed by atoms with E-state index in [9.17, 15) is 0 Å². The summed E-state index contributed by atoms with van der Waals surface area (Å²) in [6.07, 6.45) is -0.500. The molecule has 1 aromatic heterocycles. The lowest BCUT2D eigenvalue weighted by Gasteiger charge is -1.75. The van der Waals surface area contributed by atoms with E-state index in [0.717, 1.165) is 0 Å². The molecule has 0 fully saturated rings. The Bertz CT molecular complexity index is 174. The van der Waals surface area contributed by atoms with E-state index in [1.54, 1.807) is 0 Å². The molecule has 1 heterocycles. The molecule has 44 valence electrons. The second kappa shape index (κ2) is 1.40. The fraction of sp³-hybridized carbons (Fsp3) is 0.250. The molecule has 1 rings (SSSR count). The van der Waals surface area contributed by atoms with Gasteiger partial charge in [0.25, 0.3) is 0 Å². The van der Waals surface area contributed by atoms with Crippen molar-refractivity contribution in [3.63, 3.8) is 0 Å². The van der Waals surface area contributed by atoms with Crippen molar-refractivity contribution < 1.29 is 14.6 Å². The summed E-state index contributed by atoms with van der Waals surface area (Å²) in [6, 6.07) is 0. The van der Waals surface area contributed by atoms with Gasteiger partial charge in [-0.25, -0.2) is 0 Å². The SMILES string of the molecule is Cc1nc(O)oc1O. The maximum Gasteiger partial charge on any atom is 0.394 e. The first kappa shape index (κ1) is 4.96. The van der Waals surface area contributed by atoms with Crippen molar-refractivity contribution in [3.05, 3.63) is 5.69 Å². The third kappa shape index (κ3) is 0.598. The molecule has 0 aliphatic heterocycles. The first-order chi connectivity index (χ1) is 3.70. The zero-order chi connectivity index (χ0) is 6.15. The van der Waals surface area contributed by atoms with Crippen molar-refractivity contribution in [1.82, 2.24) is 4.98 Å². The largest absolute Gasteiger partial charge is 0.479 e. The van der Waals surface area contributed by atoms with Crippen LogP contribution in [0.25, 0.3) is 0 Å². The standard InChI is InChI=1S/C4H5NO3/c1-2-3(6)8-4(7)5-2/h6H,1H3,(H,5,7). The lowest BCUT2D eigenvalue weighted by atomic mass is 10.5. The Morgan fingerprint density at radius 1 is 1.50 bits per heavy atom. The molecule has 0 unspecified atom stereocenters. The van der Waals surface area contributed by atoms with Crippen molar-refractivity contribution in [2.75, 3.05) is 0 Å². The van der Waals surface area contributed by atoms with Crippen LogP contribution in [0.4, 0.5) is 0 Å². The van der Waals surface area contributed by atoms with Gasteiger partial charge in [-0.3, -0.25) is 0 Å². The molecule has 4 heteroatoms. The van der Waals surface area contributed by atoms with Gasteiger partial charge in [0.1, 0.15) is 5.69 Å². The van der Waals surface area contributed by atoms with Gasteiger partial charge in [0.05, 0.1) is 0 Å². The number of oxazole rings is 1. The normalized spacial score (nSPS) is 9.62. The number of nitrogens with zero attached hydrogens (tertiary/aromatic N) is 1. The molecular formula is C4H5NO3. The zero-order valence-corrected chi connectivity index (χ0v) is 4.25. The molecule has 8 heavy (non-hydrogen) atoms. The minimum Gasteiger partial charge on any atom is -0.479 e. The van der Waals surface area contributed by atoms with Gasteiger partial charge in [0.2, 0.25) is 0 Å². The van der Waals surface area contributed by atoms with Gasteiger partial charge in [-0.15, -0.1) is 0 Å². The minimum absolute atomic E-state index is 0.294. The summed E-state index contributed by atoms with van der Waals surface area (Å²) in [5, 5.41) is 16.9. The van der Waals surface area contributed by atoms with E-state index in [-0.39, 0.29) is 5.95 Å². The molecule has 0 aliphatic rings. The van der Waals surface area contributed by atoms with E-state index in [1.165, 1.54) is 6.92 Å². The van der Waals surface area contributed by atoms with Crippen LogP contribution in [-0.4, -0.2) is 15.2 Å². The fourth-order valence-corrected chi connectivity index (χ4v) is 0.374. The minimum atomic E-state index is -0.500. The van der Waals surface area contributed by atoms with Crippen LogP contribution in [0.1, 0.15) is 5.69 Å². The van der Waals surface area contributed by atoms with Crippen LogP contribution in [0, 0.1) is 6.92 Å². The van der Waals surface area contributed by atoms with Crippen LogP contribution in [0.2, 0.25) is 0 Å². The van der Waals surface area contributed by atoms with Gasteiger partial charge < -0.3 is 14.6 Å². The molecule has 0 aromatic carbocycles. The summed E-state index contributed by atoms with van der Waals surface area (Å²) in [7, 11) is 0. The number of aromatic nitrogens is 1. The first-order valence-electron chi connectivity index (χ1n) is 2.05. The second-order valence-electron chi connectivity index (χ2n) is 1.39. The molecule has 4 nitrogen and oxygen atoms in total. The van der Waals surface area contributed by atoms with E-state index >= 15 is 0 Å². The predicted octanol–water partition coefficient (Wildman–Crippen LogP) is 0.394. The summed E-state index contributed by atoms with van der Waals surface area (Å²) in [5.74, 6) is -0.331. The molecule has 2 N–H and O–H groups in total. The average Bonchev–Trinajstić information content (AvgIpc) is 1.85. The first-order valence-corrected chi connectivity index (χ1v) is 2.05. The molecule has 0 saturated carbocycles. The Labute approximate surface area is 45.4 Å². The van der Waals surface area contributed by atoms with Crippen molar-refractivity contribution in [1.29, 1.82) is 0 Å². The Balaban J connectivity index is 3.14. The van der Waals surface area contributed by atoms with E-state index in [1.807, 2.05) is 0 Å². The maximum atomic E-state index is 8.55. The Hall–Kier alpha value is -1.19. The summed E-state index contributed by atoms with van der Waals surface area (Å²) < 4.78 is 4.21. The second-order valence-corrected chi connectivity index (χ2v) is 1.39. The van der Waals surface area contributed by atoms with E-state index in [0.29, 0.717) is 5.69 Å². The quantitative estimate of drug-likeness (QED) is 0.513. The summed E-state index contributed by atoms with van der Waals surface area (Å²) in [4.78, 5) is 3.35. The number of hydrogen-bond acceptors (Lipinski definition) is 4. The van der Waals surface area contributed by atoms with Gasteiger partial charge in [-0.1, -0.05) is 0 Å². The molecule has 0 amide bonds. The highest BCUT2D eigenvalue weighted by Crippen LogP contribution is 2.19. The highest BCUT2D eigenvalue weighted by molar-refractivity contribution is 5.12. The zero-order valence-electron chi connectivity index (χ0n) is 4.25. The number of hydrogen-bond donors (Lipinski definition) is 2. The summed E-state index contributed by atoms with van der Waals surface area (Å²) >= 11 is 0. The third-order valence-electron chi connectivity index (χ3n) is 0.761. The Kier molecular flexibility index (Phi) is 0.865. The molecule has 0 bridgehead atoms. The van der Waals surface area contributed by atoms with Crippen LogP contribution >= 0.6 is 0 Å². The van der Waals surface area contributed by atoms with Gasteiger partial charge in [-0.05, 0) is 6.92 Å². The van der Waals surface area contributed by atoms with Crippen molar-refractivity contribution in [2.24, 2.45) is 0 Å². The van der Waals surface area contributed by atoms with Crippen LogP contribution < -0.4 is 0 Å². The molecular weight excluding hydrogens is 110 g/mol. The Morgan fingerprint density at radius 2 is 2.12 bits per heavy atom. The monoisotopic (exact) mass is 115 g/mol. The van der Waals surface area contributed by atoms with Crippen molar-refractivity contribution in [2.45, 2.75) is 6.92 Å². The van der Waals surface area contributed by atoms with Gasteiger partial charge in [-0.2, -0.15) is 4.98 Å². The van der Waals surface area contributed by atoms with E-state index < -0.39 is 6.08 Å². The lowest BCUT2D eigenvalue weighted by molar-refractivity contribution is 0.257. The van der Waals surface area contributed by atoms with Crippen LogP contribution in [-0.2, 0) is 0 Å². The molecule has 0 atom stereocenters. The van der Waals surface area contributed by atoms with Crippen molar-refractivity contribution >= 4 is 0 Å². The molecule has 0 spiro atoms. The number of aryl methyl sites for hydroxylation is 1. The van der Waals surface area contributed by atoms with Crippen LogP contribution in [0.3, 0.4) is 0 Å². The smallest absolute Gasteiger partial charge is 0.394 e. The average molecular weight is 115 g/mol. The van der Waals surface area contributed by atoms with E-state index in [2.05, 4.69) is 9.40 Å². The number of rotatable bonds is 0. The molecule has 0 aliphatic carbocycles. The maximum absolute atomic E-state index is 8.55. The highest BCUT2D eigenvalue weighted by Gasteiger charge is 2.03. The predicted molar refractivity (Wildman–Crippen MR) is 24.6 cm³/mol.